The van der Waals surface area contributed by atoms with Crippen LogP contribution < -0.4 is 5.32 Å². The molecule has 1 aromatic carbocycles. The summed E-state index contributed by atoms with van der Waals surface area (Å²) in [6.07, 6.45) is 0.730. The largest absolute Gasteiger partial charge is 0.461 e. The highest BCUT2D eigenvalue weighted by Crippen LogP contribution is 2.48. The van der Waals surface area contributed by atoms with Gasteiger partial charge >= 0.3 is 5.97 Å². The van der Waals surface area contributed by atoms with Crippen molar-refractivity contribution in [3.63, 3.8) is 0 Å². The molecule has 1 fully saturated rings. The van der Waals surface area contributed by atoms with E-state index in [4.69, 9.17) is 4.74 Å². The summed E-state index contributed by atoms with van der Waals surface area (Å²) < 4.78 is 17.8. The number of anilines is 1. The number of ether oxygens (including phenoxy) is 1. The smallest absolute Gasteiger partial charge is 0.357 e. The van der Waals surface area contributed by atoms with E-state index >= 15 is 0 Å². The fourth-order valence-corrected chi connectivity index (χ4v) is 3.07. The second-order valence-corrected chi connectivity index (χ2v) is 6.11. The third kappa shape index (κ3) is 3.56. The molecule has 0 saturated heterocycles. The minimum Gasteiger partial charge on any atom is -0.461 e. The van der Waals surface area contributed by atoms with Crippen molar-refractivity contribution in [3.05, 3.63) is 46.7 Å². The van der Waals surface area contributed by atoms with Gasteiger partial charge < -0.3 is 10.1 Å². The van der Waals surface area contributed by atoms with Crippen molar-refractivity contribution in [1.29, 1.82) is 0 Å². The van der Waals surface area contributed by atoms with E-state index in [2.05, 4.69) is 10.3 Å². The number of hydrogen-bond acceptors (Lipinski definition) is 5. The van der Waals surface area contributed by atoms with Crippen molar-refractivity contribution in [2.24, 2.45) is 5.92 Å². The summed E-state index contributed by atoms with van der Waals surface area (Å²) in [6, 6.07) is 6.20. The van der Waals surface area contributed by atoms with E-state index in [1.165, 1.54) is 23.5 Å². The van der Waals surface area contributed by atoms with E-state index < -0.39 is 5.97 Å². The third-order valence-corrected chi connectivity index (χ3v) is 4.40. The number of benzene rings is 1. The van der Waals surface area contributed by atoms with Gasteiger partial charge in [0.05, 0.1) is 6.61 Å². The molecule has 7 heteroatoms. The summed E-state index contributed by atoms with van der Waals surface area (Å²) in [5.74, 6) is -0.955. The quantitative estimate of drug-likeness (QED) is 0.853. The van der Waals surface area contributed by atoms with Crippen LogP contribution in [0.25, 0.3) is 0 Å². The van der Waals surface area contributed by atoms with Crippen LogP contribution in [0.5, 0.6) is 0 Å². The van der Waals surface area contributed by atoms with Crippen molar-refractivity contribution in [2.45, 2.75) is 19.3 Å². The molecular weight excluding hydrogens is 319 g/mol. The highest BCUT2D eigenvalue weighted by Gasteiger charge is 2.44. The van der Waals surface area contributed by atoms with Gasteiger partial charge in [0.25, 0.3) is 0 Å². The molecule has 1 saturated carbocycles. The minimum absolute atomic E-state index is 0.111. The van der Waals surface area contributed by atoms with E-state index in [1.807, 2.05) is 0 Å². The molecule has 1 aliphatic rings. The summed E-state index contributed by atoms with van der Waals surface area (Å²) in [4.78, 5) is 27.8. The maximum atomic E-state index is 12.9. The number of halogens is 1. The Morgan fingerprint density at radius 3 is 2.83 bits per heavy atom. The molecule has 1 aromatic heterocycles. The molecule has 23 heavy (non-hydrogen) atoms. The molecule has 1 aliphatic carbocycles. The number of amides is 1. The number of esters is 1. The number of aromatic nitrogens is 1. The van der Waals surface area contributed by atoms with E-state index in [-0.39, 0.29) is 35.9 Å². The predicted octanol–water partition coefficient (Wildman–Crippen LogP) is 3.20. The van der Waals surface area contributed by atoms with Crippen LogP contribution in [0.1, 0.15) is 35.3 Å². The molecule has 1 N–H and O–H groups in total. The highest BCUT2D eigenvalue weighted by atomic mass is 32.1. The fraction of sp³-hybridized carbons (Fsp3) is 0.312. The van der Waals surface area contributed by atoms with Crippen LogP contribution in [0, 0.1) is 11.7 Å². The van der Waals surface area contributed by atoms with E-state index in [0.29, 0.717) is 5.13 Å². The zero-order valence-electron chi connectivity index (χ0n) is 12.4. The van der Waals surface area contributed by atoms with Gasteiger partial charge in [0.15, 0.2) is 10.8 Å². The van der Waals surface area contributed by atoms with Gasteiger partial charge in [-0.05, 0) is 37.0 Å². The van der Waals surface area contributed by atoms with Crippen molar-refractivity contribution in [2.75, 3.05) is 11.9 Å². The van der Waals surface area contributed by atoms with Gasteiger partial charge in [-0.15, -0.1) is 11.3 Å². The molecule has 0 radical (unpaired) electrons. The van der Waals surface area contributed by atoms with Crippen molar-refractivity contribution >= 4 is 28.3 Å². The van der Waals surface area contributed by atoms with Crippen molar-refractivity contribution in [3.8, 4) is 0 Å². The Morgan fingerprint density at radius 1 is 1.39 bits per heavy atom. The number of nitrogens with one attached hydrogen (secondary N) is 1. The van der Waals surface area contributed by atoms with E-state index in [0.717, 1.165) is 12.0 Å². The van der Waals surface area contributed by atoms with Gasteiger partial charge in [0, 0.05) is 11.3 Å². The Morgan fingerprint density at radius 2 is 2.13 bits per heavy atom. The van der Waals surface area contributed by atoms with Crippen molar-refractivity contribution in [1.82, 2.24) is 4.98 Å². The van der Waals surface area contributed by atoms with Crippen LogP contribution >= 0.6 is 11.3 Å². The number of carbonyl (C=O) groups is 2. The Labute approximate surface area is 136 Å². The Hall–Kier alpha value is -2.28. The molecule has 5 nitrogen and oxygen atoms in total. The molecule has 0 bridgehead atoms. The molecule has 2 atom stereocenters. The zero-order valence-corrected chi connectivity index (χ0v) is 13.2. The first-order valence-corrected chi connectivity index (χ1v) is 8.15. The molecule has 120 valence electrons. The topological polar surface area (TPSA) is 68.3 Å². The molecule has 0 spiro atoms. The summed E-state index contributed by atoms with van der Waals surface area (Å²) >= 11 is 1.18. The number of nitrogens with zero attached hydrogens (tertiary/aromatic N) is 1. The van der Waals surface area contributed by atoms with Gasteiger partial charge in [0.1, 0.15) is 5.82 Å². The lowest BCUT2D eigenvalue weighted by atomic mass is 10.1. The first-order valence-electron chi connectivity index (χ1n) is 7.27. The standard InChI is InChI=1S/C16H15FN2O3S/c1-2-22-15(21)13-8-23-16(18-13)19-14(20)12-7-11(12)9-3-5-10(17)6-4-9/h3-6,8,11-12H,2,7H2,1H3,(H,18,19,20). The number of rotatable bonds is 5. The summed E-state index contributed by atoms with van der Waals surface area (Å²) in [5, 5.41) is 4.65. The fourth-order valence-electron chi connectivity index (χ4n) is 2.39. The molecular formula is C16H15FN2O3S. The van der Waals surface area contributed by atoms with Crippen LogP contribution in [-0.2, 0) is 9.53 Å². The Bertz CT molecular complexity index is 729. The molecule has 2 aromatic rings. The molecule has 1 heterocycles. The second kappa shape index (κ2) is 6.45. The maximum absolute atomic E-state index is 12.9. The lowest BCUT2D eigenvalue weighted by Gasteiger charge is -2.02. The second-order valence-electron chi connectivity index (χ2n) is 5.25. The molecule has 2 unspecified atom stereocenters. The Balaban J connectivity index is 1.58. The van der Waals surface area contributed by atoms with Gasteiger partial charge in [-0.1, -0.05) is 12.1 Å². The average molecular weight is 334 g/mol. The SMILES string of the molecule is CCOC(=O)c1csc(NC(=O)C2CC2c2ccc(F)cc2)n1. The molecule has 0 aliphatic heterocycles. The summed E-state index contributed by atoms with van der Waals surface area (Å²) in [7, 11) is 0. The van der Waals surface area contributed by atoms with Crippen LogP contribution in [0.2, 0.25) is 0 Å². The number of hydrogen-bond donors (Lipinski definition) is 1. The minimum atomic E-state index is -0.500. The summed E-state index contributed by atoms with van der Waals surface area (Å²) in [6.45, 7) is 2.00. The highest BCUT2D eigenvalue weighted by molar-refractivity contribution is 7.14. The van der Waals surface area contributed by atoms with Gasteiger partial charge in [-0.25, -0.2) is 14.2 Å². The molecule has 1 amide bonds. The first kappa shape index (κ1) is 15.6. The number of carbonyl (C=O) groups excluding carboxylic acids is 2. The van der Waals surface area contributed by atoms with Gasteiger partial charge in [-0.2, -0.15) is 0 Å². The van der Waals surface area contributed by atoms with Crippen LogP contribution in [0.15, 0.2) is 29.6 Å². The lowest BCUT2D eigenvalue weighted by Crippen LogP contribution is -2.14. The van der Waals surface area contributed by atoms with Crippen molar-refractivity contribution < 1.29 is 18.7 Å². The maximum Gasteiger partial charge on any atom is 0.357 e. The van der Waals surface area contributed by atoms with E-state index in [9.17, 15) is 14.0 Å². The van der Waals surface area contributed by atoms with Crippen LogP contribution in [0.4, 0.5) is 9.52 Å². The lowest BCUT2D eigenvalue weighted by molar-refractivity contribution is -0.117. The number of thiazole rings is 1. The summed E-state index contributed by atoms with van der Waals surface area (Å²) in [5.41, 5.74) is 1.15. The van der Waals surface area contributed by atoms with Gasteiger partial charge in [0.2, 0.25) is 5.91 Å². The monoisotopic (exact) mass is 334 g/mol. The zero-order chi connectivity index (χ0) is 16.4. The van der Waals surface area contributed by atoms with Gasteiger partial charge in [-0.3, -0.25) is 4.79 Å². The predicted molar refractivity (Wildman–Crippen MR) is 83.9 cm³/mol. The van der Waals surface area contributed by atoms with Crippen LogP contribution in [0.3, 0.4) is 0 Å². The average Bonchev–Trinajstić information content (AvgIpc) is 3.20. The Kier molecular flexibility index (Phi) is 4.38. The van der Waals surface area contributed by atoms with Crippen LogP contribution in [-0.4, -0.2) is 23.5 Å². The third-order valence-electron chi connectivity index (χ3n) is 3.64. The normalized spacial score (nSPS) is 19.2. The van der Waals surface area contributed by atoms with E-state index in [1.54, 1.807) is 24.4 Å². The first-order chi connectivity index (χ1) is 11.1. The molecule has 3 rings (SSSR count).